The van der Waals surface area contributed by atoms with Gasteiger partial charge >= 0.3 is 0 Å². The summed E-state index contributed by atoms with van der Waals surface area (Å²) in [4.78, 5) is 15.4. The number of fused-ring (bicyclic) bond motifs is 2. The van der Waals surface area contributed by atoms with Crippen LogP contribution in [0.3, 0.4) is 0 Å². The third-order valence-electron chi connectivity index (χ3n) is 6.24. The summed E-state index contributed by atoms with van der Waals surface area (Å²) in [7, 11) is 0. The van der Waals surface area contributed by atoms with Crippen LogP contribution >= 0.6 is 0 Å². The predicted molar refractivity (Wildman–Crippen MR) is 157 cm³/mol. The van der Waals surface area contributed by atoms with Crippen molar-refractivity contribution in [2.45, 2.75) is 38.9 Å². The average Bonchev–Trinajstić information content (AvgIpc) is 2.89. The molecule has 3 rings (SSSR count). The number of ether oxygens (including phenoxy) is 3. The number of benzene rings is 2. The first-order valence-electron chi connectivity index (χ1n) is 13.1. The fourth-order valence-corrected chi connectivity index (χ4v) is 3.90. The van der Waals surface area contributed by atoms with Crippen molar-refractivity contribution in [2.75, 3.05) is 39.5 Å². The molecule has 0 aliphatic carbocycles. The summed E-state index contributed by atoms with van der Waals surface area (Å²) in [6, 6.07) is 6.12. The Balaban J connectivity index is 2.09. The molecule has 0 fully saturated rings. The van der Waals surface area contributed by atoms with Gasteiger partial charge in [-0.25, -0.2) is 0 Å². The number of aliphatic hydroxyl groups is 2. The molecule has 1 heterocycles. The molecular weight excluding hydrogens is 514 g/mol. The summed E-state index contributed by atoms with van der Waals surface area (Å²) in [5.74, 6) is 0.603. The van der Waals surface area contributed by atoms with E-state index in [0.717, 1.165) is 0 Å². The molecule has 9 heteroatoms. The second kappa shape index (κ2) is 13.0. The van der Waals surface area contributed by atoms with Crippen molar-refractivity contribution in [3.8, 4) is 23.0 Å². The maximum atomic E-state index is 13.5. The van der Waals surface area contributed by atoms with Crippen LogP contribution in [-0.4, -0.2) is 70.9 Å². The molecule has 1 aromatic heterocycles. The molecule has 9 nitrogen and oxygen atoms in total. The Morgan fingerprint density at radius 1 is 0.975 bits per heavy atom. The molecule has 0 spiro atoms. The summed E-state index contributed by atoms with van der Waals surface area (Å²) in [5, 5.41) is 29.4. The van der Waals surface area contributed by atoms with Gasteiger partial charge in [-0.05, 0) is 52.0 Å². The third-order valence-corrected chi connectivity index (χ3v) is 6.24. The normalized spacial score (nSPS) is 12.4. The largest absolute Gasteiger partial charge is 0.507 e. The fraction of sp³-hybridized carbons (Fsp3) is 0.387. The van der Waals surface area contributed by atoms with Gasteiger partial charge in [0.05, 0.1) is 18.6 Å². The molecule has 40 heavy (non-hydrogen) atoms. The Kier molecular flexibility index (Phi) is 10.0. The van der Waals surface area contributed by atoms with Crippen LogP contribution in [0.1, 0.15) is 27.7 Å². The van der Waals surface area contributed by atoms with Gasteiger partial charge in [-0.1, -0.05) is 25.3 Å². The number of phenolic OH excluding ortho intramolecular Hbond substituents is 1. The van der Waals surface area contributed by atoms with Crippen molar-refractivity contribution in [2.24, 2.45) is 0 Å². The summed E-state index contributed by atoms with van der Waals surface area (Å²) >= 11 is 0. The first kappa shape index (κ1) is 30.7. The smallest absolute Gasteiger partial charge is 0.205 e. The van der Waals surface area contributed by atoms with E-state index in [1.54, 1.807) is 36.4 Å². The monoisotopic (exact) mass is 553 g/mol. The Morgan fingerprint density at radius 3 is 2.25 bits per heavy atom. The van der Waals surface area contributed by atoms with E-state index in [0.29, 0.717) is 31.1 Å². The van der Waals surface area contributed by atoms with E-state index in [-0.39, 0.29) is 53.3 Å². The number of hydrogen-bond donors (Lipinski definition) is 3. The highest BCUT2D eigenvalue weighted by Gasteiger charge is 2.24. The van der Waals surface area contributed by atoms with Gasteiger partial charge in [-0.3, -0.25) is 9.69 Å². The second-order valence-electron chi connectivity index (χ2n) is 10.4. The Bertz CT molecular complexity index is 1430. The molecule has 0 atom stereocenters. The highest BCUT2D eigenvalue weighted by Crippen LogP contribution is 2.40. The Labute approximate surface area is 234 Å². The number of aliphatic hydroxyl groups excluding tert-OH is 2. The summed E-state index contributed by atoms with van der Waals surface area (Å²) in [6.07, 6.45) is 6.93. The van der Waals surface area contributed by atoms with E-state index in [1.807, 2.05) is 38.7 Å². The van der Waals surface area contributed by atoms with Gasteiger partial charge in [0.15, 0.2) is 11.3 Å². The van der Waals surface area contributed by atoms with Gasteiger partial charge in [0.2, 0.25) is 11.2 Å². The highest BCUT2D eigenvalue weighted by atomic mass is 16.5. The lowest BCUT2D eigenvalue weighted by atomic mass is 10.1. The zero-order valence-electron chi connectivity index (χ0n) is 23.6. The molecular formula is C31H39NO8. The van der Waals surface area contributed by atoms with E-state index in [9.17, 15) is 20.1 Å². The zero-order valence-corrected chi connectivity index (χ0v) is 23.6. The summed E-state index contributed by atoms with van der Waals surface area (Å²) in [6.45, 7) is 16.4. The van der Waals surface area contributed by atoms with Gasteiger partial charge < -0.3 is 33.9 Å². The quantitative estimate of drug-likeness (QED) is 0.184. The van der Waals surface area contributed by atoms with Crippen molar-refractivity contribution < 1.29 is 33.9 Å². The van der Waals surface area contributed by atoms with Crippen LogP contribution in [0.2, 0.25) is 0 Å². The maximum absolute atomic E-state index is 13.5. The Morgan fingerprint density at radius 2 is 1.62 bits per heavy atom. The van der Waals surface area contributed by atoms with Gasteiger partial charge in [-0.15, -0.1) is 0 Å². The molecule has 3 N–H and O–H groups in total. The third kappa shape index (κ3) is 7.44. The molecule has 0 amide bonds. The van der Waals surface area contributed by atoms with E-state index in [1.165, 1.54) is 6.07 Å². The van der Waals surface area contributed by atoms with Crippen LogP contribution in [0, 0.1) is 0 Å². The van der Waals surface area contributed by atoms with Crippen molar-refractivity contribution >= 4 is 21.9 Å². The van der Waals surface area contributed by atoms with Crippen LogP contribution in [0.25, 0.3) is 21.9 Å². The molecule has 2 aromatic carbocycles. The standard InChI is InChI=1S/C31H39NO8/c1-7-30(3,4)39-21-19-23(35)26-25(20-21)38-28-22(27(26)36)11-12-24(40-31(5,6)8-2)29(28)37-18-10-9-13-32(14-16-33)15-17-34/h7-12,19-20,33-35H,1-2,13-18H2,3-6H3/b10-9+. The van der Waals surface area contributed by atoms with E-state index in [4.69, 9.17) is 18.6 Å². The SMILES string of the molecule is C=CC(C)(C)Oc1cc(O)c2c(=O)c3ccc(OC(C)(C)C=C)c(OC/C=C/CN(CCO)CCO)c3oc2c1. The molecule has 0 aliphatic rings. The molecule has 0 aliphatic heterocycles. The van der Waals surface area contributed by atoms with Crippen LogP contribution in [0.4, 0.5) is 0 Å². The topological polar surface area (TPSA) is 122 Å². The van der Waals surface area contributed by atoms with Crippen molar-refractivity contribution in [1.29, 1.82) is 0 Å². The first-order chi connectivity index (χ1) is 18.9. The zero-order chi connectivity index (χ0) is 29.5. The number of hydrogen-bond acceptors (Lipinski definition) is 9. The predicted octanol–water partition coefficient (Wildman–Crippen LogP) is 4.56. The number of aromatic hydroxyl groups is 1. The molecule has 3 aromatic rings. The number of nitrogens with zero attached hydrogens (tertiary/aromatic N) is 1. The van der Waals surface area contributed by atoms with Crippen molar-refractivity contribution in [3.63, 3.8) is 0 Å². The molecule has 0 bridgehead atoms. The fourth-order valence-electron chi connectivity index (χ4n) is 3.90. The van der Waals surface area contributed by atoms with E-state index in [2.05, 4.69) is 13.2 Å². The van der Waals surface area contributed by atoms with Gasteiger partial charge in [-0.2, -0.15) is 0 Å². The summed E-state index contributed by atoms with van der Waals surface area (Å²) < 4.78 is 24.4. The van der Waals surface area contributed by atoms with E-state index < -0.39 is 16.6 Å². The highest BCUT2D eigenvalue weighted by molar-refractivity contribution is 5.96. The number of phenols is 1. The lowest BCUT2D eigenvalue weighted by molar-refractivity contribution is 0.154. The molecule has 0 unspecified atom stereocenters. The van der Waals surface area contributed by atoms with Gasteiger partial charge in [0.25, 0.3) is 0 Å². The molecule has 0 saturated carbocycles. The average molecular weight is 554 g/mol. The van der Waals surface area contributed by atoms with Crippen LogP contribution < -0.4 is 19.6 Å². The number of rotatable bonds is 15. The minimum Gasteiger partial charge on any atom is -0.507 e. The first-order valence-corrected chi connectivity index (χ1v) is 13.1. The Hall–Kier alpha value is -3.79. The van der Waals surface area contributed by atoms with Crippen molar-refractivity contribution in [1.82, 2.24) is 4.90 Å². The molecule has 216 valence electrons. The van der Waals surface area contributed by atoms with Crippen LogP contribution in [0.15, 0.2) is 70.9 Å². The van der Waals surface area contributed by atoms with Gasteiger partial charge in [0, 0.05) is 31.8 Å². The van der Waals surface area contributed by atoms with Crippen molar-refractivity contribution in [3.05, 3.63) is 72.0 Å². The van der Waals surface area contributed by atoms with Crippen LogP contribution in [-0.2, 0) is 0 Å². The minimum absolute atomic E-state index is 0.0134. The van der Waals surface area contributed by atoms with Crippen LogP contribution in [0.5, 0.6) is 23.0 Å². The minimum atomic E-state index is -0.747. The second-order valence-corrected chi connectivity index (χ2v) is 10.4. The van der Waals surface area contributed by atoms with Gasteiger partial charge in [0.1, 0.15) is 40.3 Å². The summed E-state index contributed by atoms with van der Waals surface area (Å²) in [5.41, 5.74) is -1.62. The lowest BCUT2D eigenvalue weighted by Gasteiger charge is -2.24. The maximum Gasteiger partial charge on any atom is 0.205 e. The lowest BCUT2D eigenvalue weighted by Crippen LogP contribution is -2.30. The van der Waals surface area contributed by atoms with E-state index >= 15 is 0 Å². The molecule has 0 radical (unpaired) electrons. The molecule has 0 saturated heterocycles.